The molecule has 2 aromatic heterocycles. The lowest BCUT2D eigenvalue weighted by Gasteiger charge is -2.04. The zero-order valence-electron chi connectivity index (χ0n) is 10.1. The van der Waals surface area contributed by atoms with Crippen molar-refractivity contribution in [3.05, 3.63) is 41.0 Å². The van der Waals surface area contributed by atoms with Gasteiger partial charge in [0, 0.05) is 17.6 Å². The first kappa shape index (κ1) is 10.8. The molecule has 19 heavy (non-hydrogen) atoms. The molecule has 0 atom stereocenters. The van der Waals surface area contributed by atoms with Crippen LogP contribution in [-0.2, 0) is 6.42 Å². The number of rotatable bonds is 2. The van der Waals surface area contributed by atoms with Crippen LogP contribution in [0.2, 0.25) is 0 Å². The number of thiazole rings is 1. The third kappa shape index (κ3) is 1.51. The van der Waals surface area contributed by atoms with Gasteiger partial charge < -0.3 is 5.32 Å². The number of hydrogen-bond acceptors (Lipinski definition) is 4. The third-order valence-corrected chi connectivity index (χ3v) is 4.35. The highest BCUT2D eigenvalue weighted by molar-refractivity contribution is 7.15. The van der Waals surface area contributed by atoms with Gasteiger partial charge in [0.05, 0.1) is 11.9 Å². The van der Waals surface area contributed by atoms with E-state index >= 15 is 0 Å². The molecule has 0 bridgehead atoms. The largest absolute Gasteiger partial charge is 0.384 e. The molecule has 0 amide bonds. The van der Waals surface area contributed by atoms with Gasteiger partial charge in [-0.15, -0.1) is 11.3 Å². The number of hydrogen-bond donors (Lipinski definition) is 1. The minimum atomic E-state index is 0.602. The van der Waals surface area contributed by atoms with Crippen molar-refractivity contribution >= 4 is 28.3 Å². The molecule has 4 rings (SSSR count). The fraction of sp³-hybridized carbons (Fsp3) is 0.143. The van der Waals surface area contributed by atoms with E-state index in [0.717, 1.165) is 35.5 Å². The van der Waals surface area contributed by atoms with Crippen molar-refractivity contribution in [1.82, 2.24) is 9.38 Å². The van der Waals surface area contributed by atoms with Crippen molar-refractivity contribution in [2.45, 2.75) is 6.42 Å². The number of imidazole rings is 1. The molecule has 1 aliphatic rings. The van der Waals surface area contributed by atoms with Crippen LogP contribution >= 0.6 is 11.3 Å². The van der Waals surface area contributed by atoms with Gasteiger partial charge in [-0.25, -0.2) is 4.98 Å². The molecule has 5 heteroatoms. The minimum absolute atomic E-state index is 0.602. The lowest BCUT2D eigenvalue weighted by atomic mass is 10.1. The minimum Gasteiger partial charge on any atom is -0.384 e. The van der Waals surface area contributed by atoms with E-state index in [-0.39, 0.29) is 0 Å². The first-order valence-electron chi connectivity index (χ1n) is 6.14. The van der Waals surface area contributed by atoms with E-state index in [1.54, 1.807) is 17.5 Å². The van der Waals surface area contributed by atoms with Gasteiger partial charge in [-0.1, -0.05) is 6.07 Å². The van der Waals surface area contributed by atoms with Crippen LogP contribution in [0.25, 0.3) is 16.2 Å². The number of aromatic nitrogens is 2. The zero-order valence-corrected chi connectivity index (χ0v) is 10.9. The fourth-order valence-electron chi connectivity index (χ4n) is 2.58. The molecule has 0 unspecified atom stereocenters. The first-order chi connectivity index (χ1) is 9.36. The standard InChI is InChI=1S/C14H11N3OS/c18-7-11-6-16-14-17(11)13(8-19-14)10-1-2-12-9(5-10)3-4-15-12/h1-2,5-8,15H,3-4H2. The molecule has 0 saturated carbocycles. The van der Waals surface area contributed by atoms with Crippen LogP contribution in [0.3, 0.4) is 0 Å². The second-order valence-corrected chi connectivity index (χ2v) is 5.43. The highest BCUT2D eigenvalue weighted by Gasteiger charge is 2.14. The van der Waals surface area contributed by atoms with E-state index in [1.807, 2.05) is 4.40 Å². The Labute approximate surface area is 113 Å². The molecule has 1 aromatic carbocycles. The maximum Gasteiger partial charge on any atom is 0.194 e. The van der Waals surface area contributed by atoms with Crippen LogP contribution in [0.4, 0.5) is 5.69 Å². The normalized spacial score (nSPS) is 13.5. The summed E-state index contributed by atoms with van der Waals surface area (Å²) < 4.78 is 1.92. The average Bonchev–Trinajstić information content (AvgIpc) is 3.13. The highest BCUT2D eigenvalue weighted by Crippen LogP contribution is 2.31. The number of nitrogens with zero attached hydrogens (tertiary/aromatic N) is 2. The number of carbonyl (C=O) groups excluding carboxylic acids is 1. The number of anilines is 1. The molecule has 0 fully saturated rings. The van der Waals surface area contributed by atoms with Gasteiger partial charge >= 0.3 is 0 Å². The van der Waals surface area contributed by atoms with E-state index in [4.69, 9.17) is 0 Å². The molecule has 94 valence electrons. The summed E-state index contributed by atoms with van der Waals surface area (Å²) in [6, 6.07) is 6.40. The Morgan fingerprint density at radius 1 is 1.42 bits per heavy atom. The fourth-order valence-corrected chi connectivity index (χ4v) is 3.46. The predicted molar refractivity (Wildman–Crippen MR) is 76.1 cm³/mol. The molecule has 0 saturated heterocycles. The average molecular weight is 269 g/mol. The summed E-state index contributed by atoms with van der Waals surface area (Å²) in [5, 5.41) is 5.41. The second kappa shape index (κ2) is 3.93. The van der Waals surface area contributed by atoms with E-state index in [1.165, 1.54) is 11.3 Å². The van der Waals surface area contributed by atoms with E-state index < -0.39 is 0 Å². The van der Waals surface area contributed by atoms with Gasteiger partial charge in [0.2, 0.25) is 0 Å². The van der Waals surface area contributed by atoms with Crippen LogP contribution < -0.4 is 5.32 Å². The maximum atomic E-state index is 11.1. The number of aldehydes is 1. The summed E-state index contributed by atoms with van der Waals surface area (Å²) >= 11 is 1.56. The summed E-state index contributed by atoms with van der Waals surface area (Å²) in [5.41, 5.74) is 5.33. The monoisotopic (exact) mass is 269 g/mol. The maximum absolute atomic E-state index is 11.1. The van der Waals surface area contributed by atoms with Crippen molar-refractivity contribution in [1.29, 1.82) is 0 Å². The molecular formula is C14H11N3OS. The Bertz CT molecular complexity index is 787. The topological polar surface area (TPSA) is 46.4 Å². The molecule has 3 heterocycles. The first-order valence-corrected chi connectivity index (χ1v) is 7.02. The number of nitrogens with one attached hydrogen (secondary N) is 1. The van der Waals surface area contributed by atoms with E-state index in [9.17, 15) is 4.79 Å². The van der Waals surface area contributed by atoms with Gasteiger partial charge in [-0.2, -0.15) is 0 Å². The van der Waals surface area contributed by atoms with Gasteiger partial charge in [-0.3, -0.25) is 9.20 Å². The van der Waals surface area contributed by atoms with Crippen molar-refractivity contribution < 1.29 is 4.79 Å². The Kier molecular flexibility index (Phi) is 2.22. The zero-order chi connectivity index (χ0) is 12.8. The lowest BCUT2D eigenvalue weighted by molar-refractivity contribution is 0.111. The Morgan fingerprint density at radius 3 is 3.26 bits per heavy atom. The van der Waals surface area contributed by atoms with Crippen LogP contribution in [-0.4, -0.2) is 22.2 Å². The molecule has 0 radical (unpaired) electrons. The van der Waals surface area contributed by atoms with Gasteiger partial charge in [0.1, 0.15) is 5.69 Å². The molecule has 1 aliphatic heterocycles. The predicted octanol–water partition coefficient (Wildman–Crippen LogP) is 2.84. The number of carbonyl (C=O) groups is 1. The SMILES string of the molecule is O=Cc1cnc2scc(-c3ccc4c(c3)CCN4)n12. The Morgan fingerprint density at radius 2 is 2.37 bits per heavy atom. The summed E-state index contributed by atoms with van der Waals surface area (Å²) in [7, 11) is 0. The van der Waals surface area contributed by atoms with Crippen LogP contribution in [0, 0.1) is 0 Å². The van der Waals surface area contributed by atoms with Crippen molar-refractivity contribution in [2.24, 2.45) is 0 Å². The van der Waals surface area contributed by atoms with E-state index in [2.05, 4.69) is 33.9 Å². The Hall–Kier alpha value is -2.14. The van der Waals surface area contributed by atoms with Crippen LogP contribution in [0.15, 0.2) is 29.8 Å². The second-order valence-electron chi connectivity index (χ2n) is 4.59. The summed E-state index contributed by atoms with van der Waals surface area (Å²) in [5.74, 6) is 0. The highest BCUT2D eigenvalue weighted by atomic mass is 32.1. The molecule has 0 aliphatic carbocycles. The van der Waals surface area contributed by atoms with Crippen molar-refractivity contribution in [3.8, 4) is 11.3 Å². The number of fused-ring (bicyclic) bond motifs is 2. The van der Waals surface area contributed by atoms with Crippen molar-refractivity contribution in [2.75, 3.05) is 11.9 Å². The molecule has 4 nitrogen and oxygen atoms in total. The molecular weight excluding hydrogens is 258 g/mol. The summed E-state index contributed by atoms with van der Waals surface area (Å²) in [4.78, 5) is 16.2. The summed E-state index contributed by atoms with van der Waals surface area (Å²) in [6.45, 7) is 1.00. The smallest absolute Gasteiger partial charge is 0.194 e. The van der Waals surface area contributed by atoms with Crippen molar-refractivity contribution in [3.63, 3.8) is 0 Å². The van der Waals surface area contributed by atoms with Crippen LogP contribution in [0.1, 0.15) is 16.1 Å². The third-order valence-electron chi connectivity index (χ3n) is 3.51. The molecule has 1 N–H and O–H groups in total. The molecule has 0 spiro atoms. The van der Waals surface area contributed by atoms with Gasteiger partial charge in [0.15, 0.2) is 11.2 Å². The quantitative estimate of drug-likeness (QED) is 0.728. The Balaban J connectivity index is 1.94. The number of benzene rings is 1. The van der Waals surface area contributed by atoms with E-state index in [0.29, 0.717) is 5.69 Å². The molecule has 3 aromatic rings. The van der Waals surface area contributed by atoms with Gasteiger partial charge in [0.25, 0.3) is 0 Å². The van der Waals surface area contributed by atoms with Crippen LogP contribution in [0.5, 0.6) is 0 Å². The lowest BCUT2D eigenvalue weighted by Crippen LogP contribution is -1.92. The summed E-state index contributed by atoms with van der Waals surface area (Å²) in [6.07, 6.45) is 3.53. The van der Waals surface area contributed by atoms with Gasteiger partial charge in [-0.05, 0) is 29.7 Å².